The lowest BCUT2D eigenvalue weighted by molar-refractivity contribution is -0.908. The molecule has 126 valence electrons. The van der Waals surface area contributed by atoms with Crippen LogP contribution in [0.3, 0.4) is 0 Å². The molecule has 0 saturated heterocycles. The van der Waals surface area contributed by atoms with Gasteiger partial charge in [0.05, 0.1) is 19.8 Å². The van der Waals surface area contributed by atoms with Gasteiger partial charge in [0.25, 0.3) is 5.91 Å². The molecular formula is C18H27N2O3+. The fourth-order valence-electron chi connectivity index (χ4n) is 3.20. The Kier molecular flexibility index (Phi) is 4.48. The van der Waals surface area contributed by atoms with Crippen molar-refractivity contribution in [2.45, 2.75) is 45.7 Å². The SMILES string of the molecule is CC(C)(C)NC(=O)C[NH+]1CCc2cc3c(cc2C1)OCCCO3. The lowest BCUT2D eigenvalue weighted by Crippen LogP contribution is -3.13. The van der Waals surface area contributed by atoms with Crippen LogP contribution in [0.1, 0.15) is 38.3 Å². The molecule has 0 spiro atoms. The molecule has 23 heavy (non-hydrogen) atoms. The number of ether oxygens (including phenoxy) is 2. The molecule has 1 atom stereocenters. The van der Waals surface area contributed by atoms with Crippen molar-refractivity contribution < 1.29 is 19.2 Å². The van der Waals surface area contributed by atoms with Gasteiger partial charge in [-0.1, -0.05) is 0 Å². The second-order valence-electron chi connectivity index (χ2n) is 7.52. The van der Waals surface area contributed by atoms with Crippen LogP contribution < -0.4 is 19.7 Å². The first-order valence-corrected chi connectivity index (χ1v) is 8.47. The summed E-state index contributed by atoms with van der Waals surface area (Å²) in [6, 6.07) is 4.23. The monoisotopic (exact) mass is 319 g/mol. The first-order valence-electron chi connectivity index (χ1n) is 8.47. The van der Waals surface area contributed by atoms with Gasteiger partial charge in [-0.05, 0) is 38.5 Å². The maximum atomic E-state index is 12.1. The highest BCUT2D eigenvalue weighted by atomic mass is 16.5. The number of benzene rings is 1. The molecule has 2 aliphatic heterocycles. The highest BCUT2D eigenvalue weighted by Crippen LogP contribution is 2.33. The largest absolute Gasteiger partial charge is 0.490 e. The van der Waals surface area contributed by atoms with Crippen LogP contribution in [-0.4, -0.2) is 37.7 Å². The van der Waals surface area contributed by atoms with E-state index >= 15 is 0 Å². The molecular weight excluding hydrogens is 292 g/mol. The molecule has 5 nitrogen and oxygen atoms in total. The minimum atomic E-state index is -0.174. The molecule has 2 aliphatic rings. The van der Waals surface area contributed by atoms with Crippen LogP contribution in [0.15, 0.2) is 12.1 Å². The minimum absolute atomic E-state index is 0.116. The van der Waals surface area contributed by atoms with E-state index in [0.717, 1.165) is 44.0 Å². The van der Waals surface area contributed by atoms with Crippen LogP contribution in [0.2, 0.25) is 0 Å². The summed E-state index contributed by atoms with van der Waals surface area (Å²) < 4.78 is 11.5. The van der Waals surface area contributed by atoms with Gasteiger partial charge in [0.2, 0.25) is 0 Å². The summed E-state index contributed by atoms with van der Waals surface area (Å²) in [4.78, 5) is 13.4. The van der Waals surface area contributed by atoms with Gasteiger partial charge in [-0.3, -0.25) is 4.79 Å². The lowest BCUT2D eigenvalue weighted by atomic mass is 9.98. The topological polar surface area (TPSA) is 52.0 Å². The van der Waals surface area contributed by atoms with Crippen molar-refractivity contribution in [3.8, 4) is 11.5 Å². The molecule has 1 unspecified atom stereocenters. The van der Waals surface area contributed by atoms with E-state index in [2.05, 4.69) is 17.4 Å². The third-order valence-corrected chi connectivity index (χ3v) is 4.18. The highest BCUT2D eigenvalue weighted by Gasteiger charge is 2.26. The highest BCUT2D eigenvalue weighted by molar-refractivity contribution is 5.77. The quantitative estimate of drug-likeness (QED) is 0.844. The maximum Gasteiger partial charge on any atom is 0.275 e. The zero-order valence-corrected chi connectivity index (χ0v) is 14.3. The van der Waals surface area contributed by atoms with Crippen molar-refractivity contribution in [3.63, 3.8) is 0 Å². The summed E-state index contributed by atoms with van der Waals surface area (Å²) in [5.41, 5.74) is 2.43. The predicted octanol–water partition coefficient (Wildman–Crippen LogP) is 0.704. The molecule has 1 aromatic carbocycles. The minimum Gasteiger partial charge on any atom is -0.490 e. The Hall–Kier alpha value is -1.75. The molecule has 2 heterocycles. The van der Waals surface area contributed by atoms with Crippen molar-refractivity contribution >= 4 is 5.91 Å². The molecule has 0 fully saturated rings. The summed E-state index contributed by atoms with van der Waals surface area (Å²) in [5, 5.41) is 3.04. The van der Waals surface area contributed by atoms with Gasteiger partial charge in [-0.25, -0.2) is 0 Å². The van der Waals surface area contributed by atoms with E-state index in [1.54, 1.807) is 0 Å². The molecule has 3 rings (SSSR count). The van der Waals surface area contributed by atoms with E-state index in [-0.39, 0.29) is 11.4 Å². The van der Waals surface area contributed by atoms with Crippen LogP contribution in [0.25, 0.3) is 0 Å². The van der Waals surface area contributed by atoms with Gasteiger partial charge >= 0.3 is 0 Å². The molecule has 5 heteroatoms. The molecule has 1 aromatic rings. The van der Waals surface area contributed by atoms with Crippen molar-refractivity contribution in [1.82, 2.24) is 5.32 Å². The normalized spacial score (nSPS) is 20.4. The maximum absolute atomic E-state index is 12.1. The van der Waals surface area contributed by atoms with Gasteiger partial charge < -0.3 is 19.7 Å². The zero-order valence-electron chi connectivity index (χ0n) is 14.3. The van der Waals surface area contributed by atoms with Gasteiger partial charge in [0.1, 0.15) is 6.54 Å². The Balaban J connectivity index is 1.68. The Morgan fingerprint density at radius 2 is 1.83 bits per heavy atom. The van der Waals surface area contributed by atoms with Gasteiger partial charge in [0, 0.05) is 23.9 Å². The Labute approximate surface area is 137 Å². The van der Waals surface area contributed by atoms with Gasteiger partial charge in [-0.2, -0.15) is 0 Å². The van der Waals surface area contributed by atoms with Crippen LogP contribution in [0, 0.1) is 0 Å². The third kappa shape index (κ3) is 4.16. The first kappa shape index (κ1) is 16.1. The number of carbonyl (C=O) groups is 1. The van der Waals surface area contributed by atoms with E-state index in [1.165, 1.54) is 16.0 Å². The molecule has 1 amide bonds. The van der Waals surface area contributed by atoms with E-state index in [1.807, 2.05) is 20.8 Å². The number of fused-ring (bicyclic) bond motifs is 2. The number of rotatable bonds is 2. The fraction of sp³-hybridized carbons (Fsp3) is 0.611. The lowest BCUT2D eigenvalue weighted by Gasteiger charge is -2.28. The second-order valence-corrected chi connectivity index (χ2v) is 7.52. The molecule has 2 N–H and O–H groups in total. The Morgan fingerprint density at radius 1 is 1.17 bits per heavy atom. The smallest absolute Gasteiger partial charge is 0.275 e. The third-order valence-electron chi connectivity index (χ3n) is 4.18. The summed E-state index contributed by atoms with van der Waals surface area (Å²) in [7, 11) is 0. The van der Waals surface area contributed by atoms with Crippen LogP contribution in [-0.2, 0) is 17.8 Å². The number of quaternary nitrogens is 1. The van der Waals surface area contributed by atoms with Crippen LogP contribution >= 0.6 is 0 Å². The second kappa shape index (κ2) is 6.40. The van der Waals surface area contributed by atoms with E-state index < -0.39 is 0 Å². The zero-order chi connectivity index (χ0) is 16.4. The van der Waals surface area contributed by atoms with Crippen molar-refractivity contribution in [3.05, 3.63) is 23.3 Å². The summed E-state index contributed by atoms with van der Waals surface area (Å²) in [6.45, 7) is 9.82. The van der Waals surface area contributed by atoms with E-state index in [9.17, 15) is 4.79 Å². The standard InChI is InChI=1S/C18H26N2O3/c1-18(2,3)19-17(21)12-20-6-5-13-9-15-16(10-14(13)11-20)23-8-4-7-22-15/h9-10H,4-8,11-12H2,1-3H3,(H,19,21)/p+1. The Morgan fingerprint density at radius 3 is 2.48 bits per heavy atom. The summed E-state index contributed by atoms with van der Waals surface area (Å²) >= 11 is 0. The molecule has 0 aromatic heterocycles. The molecule has 0 aliphatic carbocycles. The average Bonchev–Trinajstić information content (AvgIpc) is 2.67. The van der Waals surface area contributed by atoms with Crippen LogP contribution in [0.4, 0.5) is 0 Å². The van der Waals surface area contributed by atoms with Crippen molar-refractivity contribution in [1.29, 1.82) is 0 Å². The van der Waals surface area contributed by atoms with Gasteiger partial charge in [-0.15, -0.1) is 0 Å². The molecule has 0 radical (unpaired) electrons. The van der Waals surface area contributed by atoms with Crippen molar-refractivity contribution in [2.24, 2.45) is 0 Å². The van der Waals surface area contributed by atoms with Crippen LogP contribution in [0.5, 0.6) is 11.5 Å². The van der Waals surface area contributed by atoms with E-state index in [0.29, 0.717) is 13.2 Å². The van der Waals surface area contributed by atoms with E-state index in [4.69, 9.17) is 9.47 Å². The summed E-state index contributed by atoms with van der Waals surface area (Å²) in [5.74, 6) is 1.84. The number of amides is 1. The number of carbonyl (C=O) groups excluding carboxylic acids is 1. The number of nitrogens with one attached hydrogen (secondary N) is 2. The van der Waals surface area contributed by atoms with Gasteiger partial charge in [0.15, 0.2) is 18.0 Å². The fourth-order valence-corrected chi connectivity index (χ4v) is 3.20. The molecule has 0 saturated carbocycles. The molecule has 0 bridgehead atoms. The van der Waals surface area contributed by atoms with Crippen molar-refractivity contribution in [2.75, 3.05) is 26.3 Å². The number of hydrogen-bond acceptors (Lipinski definition) is 3. The Bertz CT molecular complexity index is 593. The summed E-state index contributed by atoms with van der Waals surface area (Å²) in [6.07, 6.45) is 1.90. The predicted molar refractivity (Wildman–Crippen MR) is 88.0 cm³/mol. The number of hydrogen-bond donors (Lipinski definition) is 2. The average molecular weight is 319 g/mol. The first-order chi connectivity index (χ1) is 10.9.